The lowest BCUT2D eigenvalue weighted by Crippen LogP contribution is -1.90. The molecule has 3 rings (SSSR count). The highest BCUT2D eigenvalue weighted by Crippen LogP contribution is 2.42. The second-order valence-corrected chi connectivity index (χ2v) is 5.31. The summed E-state index contributed by atoms with van der Waals surface area (Å²) in [6.45, 7) is 1.95. The Labute approximate surface area is 118 Å². The number of nitrogens with zero attached hydrogens (tertiary/aromatic N) is 2. The predicted octanol–water partition coefficient (Wildman–Crippen LogP) is 4.01. The lowest BCUT2D eigenvalue weighted by Gasteiger charge is -2.00. The van der Waals surface area contributed by atoms with Gasteiger partial charge in [0.05, 0.1) is 21.2 Å². The standard InChI is InChI=1S/C13H10ClN3OS/c1-7-6-19-12(10(7)14)11-9(13(15)17-18-11)8-4-2-3-5-16-8/h2-6H,1H3,(H2,15,17). The SMILES string of the molecule is Cc1csc(-c2onc(N)c2-c2ccccn2)c1Cl. The first-order valence-corrected chi connectivity index (χ1v) is 6.84. The fraction of sp³-hybridized carbons (Fsp3) is 0.0769. The first-order chi connectivity index (χ1) is 9.18. The molecule has 0 bridgehead atoms. The molecule has 3 heterocycles. The van der Waals surface area contributed by atoms with Gasteiger partial charge in [0.1, 0.15) is 0 Å². The number of rotatable bonds is 2. The van der Waals surface area contributed by atoms with Crippen LogP contribution in [-0.4, -0.2) is 10.1 Å². The molecule has 4 nitrogen and oxygen atoms in total. The van der Waals surface area contributed by atoms with E-state index >= 15 is 0 Å². The van der Waals surface area contributed by atoms with Crippen LogP contribution in [0.5, 0.6) is 0 Å². The second kappa shape index (κ2) is 4.68. The number of thiophene rings is 1. The highest BCUT2D eigenvalue weighted by atomic mass is 35.5. The van der Waals surface area contributed by atoms with E-state index in [1.807, 2.05) is 30.5 Å². The van der Waals surface area contributed by atoms with Gasteiger partial charge in [0, 0.05) is 6.20 Å². The van der Waals surface area contributed by atoms with Crippen molar-refractivity contribution in [3.05, 3.63) is 40.4 Å². The maximum atomic E-state index is 6.27. The first kappa shape index (κ1) is 12.2. The molecule has 6 heteroatoms. The number of nitrogens with two attached hydrogens (primary N) is 1. The van der Waals surface area contributed by atoms with E-state index in [1.165, 1.54) is 11.3 Å². The second-order valence-electron chi connectivity index (χ2n) is 4.05. The van der Waals surface area contributed by atoms with Crippen molar-refractivity contribution in [3.63, 3.8) is 0 Å². The third-order valence-electron chi connectivity index (χ3n) is 2.74. The minimum Gasteiger partial charge on any atom is -0.380 e. The van der Waals surface area contributed by atoms with Crippen molar-refractivity contribution in [3.8, 4) is 21.9 Å². The molecule has 0 atom stereocenters. The highest BCUT2D eigenvalue weighted by molar-refractivity contribution is 7.14. The molecule has 96 valence electrons. The molecule has 0 unspecified atom stereocenters. The van der Waals surface area contributed by atoms with Crippen molar-refractivity contribution in [1.29, 1.82) is 0 Å². The minimum atomic E-state index is 0.316. The maximum Gasteiger partial charge on any atom is 0.189 e. The van der Waals surface area contributed by atoms with E-state index < -0.39 is 0 Å². The van der Waals surface area contributed by atoms with Gasteiger partial charge in [-0.15, -0.1) is 11.3 Å². The number of pyridine rings is 1. The quantitative estimate of drug-likeness (QED) is 0.775. The Morgan fingerprint density at radius 2 is 2.21 bits per heavy atom. The third-order valence-corrected chi connectivity index (χ3v) is 4.44. The molecule has 0 saturated heterocycles. The Morgan fingerprint density at radius 3 is 2.84 bits per heavy atom. The fourth-order valence-corrected chi connectivity index (χ4v) is 3.06. The van der Waals surface area contributed by atoms with Crippen LogP contribution < -0.4 is 5.73 Å². The summed E-state index contributed by atoms with van der Waals surface area (Å²) in [4.78, 5) is 5.11. The van der Waals surface area contributed by atoms with E-state index in [2.05, 4.69) is 10.1 Å². The van der Waals surface area contributed by atoms with Gasteiger partial charge >= 0.3 is 0 Å². The molecule has 0 aliphatic heterocycles. The summed E-state index contributed by atoms with van der Waals surface area (Å²) in [7, 11) is 0. The van der Waals surface area contributed by atoms with Crippen molar-refractivity contribution in [2.24, 2.45) is 0 Å². The molecule has 0 aliphatic carbocycles. The van der Waals surface area contributed by atoms with E-state index in [0.29, 0.717) is 22.2 Å². The number of aromatic nitrogens is 2. The smallest absolute Gasteiger partial charge is 0.189 e. The van der Waals surface area contributed by atoms with Crippen LogP contribution in [0.3, 0.4) is 0 Å². The lowest BCUT2D eigenvalue weighted by molar-refractivity contribution is 0.437. The normalized spacial score (nSPS) is 10.8. The van der Waals surface area contributed by atoms with Gasteiger partial charge in [0.25, 0.3) is 0 Å². The summed E-state index contributed by atoms with van der Waals surface area (Å²) in [6.07, 6.45) is 1.70. The lowest BCUT2D eigenvalue weighted by atomic mass is 10.1. The van der Waals surface area contributed by atoms with Crippen LogP contribution in [0, 0.1) is 6.92 Å². The summed E-state index contributed by atoms with van der Waals surface area (Å²) >= 11 is 7.78. The van der Waals surface area contributed by atoms with Crippen molar-refractivity contribution >= 4 is 28.8 Å². The van der Waals surface area contributed by atoms with Crippen molar-refractivity contribution < 1.29 is 4.52 Å². The predicted molar refractivity (Wildman–Crippen MR) is 77.2 cm³/mol. The Bertz CT molecular complexity index is 721. The van der Waals surface area contributed by atoms with Gasteiger partial charge in [-0.1, -0.05) is 22.8 Å². The Morgan fingerprint density at radius 1 is 1.37 bits per heavy atom. The van der Waals surface area contributed by atoms with E-state index in [9.17, 15) is 0 Å². The van der Waals surface area contributed by atoms with Gasteiger partial charge in [-0.05, 0) is 30.0 Å². The number of nitrogen functional groups attached to an aromatic ring is 1. The van der Waals surface area contributed by atoms with Crippen LogP contribution in [0.25, 0.3) is 21.9 Å². The van der Waals surface area contributed by atoms with Crippen LogP contribution >= 0.6 is 22.9 Å². The Balaban J connectivity index is 2.22. The van der Waals surface area contributed by atoms with E-state index in [0.717, 1.165) is 16.1 Å². The molecule has 0 fully saturated rings. The summed E-state index contributed by atoms with van der Waals surface area (Å²) in [5.41, 5.74) is 8.29. The van der Waals surface area contributed by atoms with Crippen LogP contribution in [0.2, 0.25) is 5.02 Å². The van der Waals surface area contributed by atoms with Gasteiger partial charge in [-0.25, -0.2) is 0 Å². The topological polar surface area (TPSA) is 64.9 Å². The van der Waals surface area contributed by atoms with E-state index in [4.69, 9.17) is 21.9 Å². The van der Waals surface area contributed by atoms with Gasteiger partial charge in [-0.3, -0.25) is 4.98 Å². The maximum absolute atomic E-state index is 6.27. The summed E-state index contributed by atoms with van der Waals surface area (Å²) in [5, 5.41) is 6.47. The molecule has 0 spiro atoms. The molecular weight excluding hydrogens is 282 g/mol. The number of halogens is 1. The molecular formula is C13H10ClN3OS. The summed E-state index contributed by atoms with van der Waals surface area (Å²) in [5.74, 6) is 0.884. The molecule has 2 N–H and O–H groups in total. The van der Waals surface area contributed by atoms with Crippen LogP contribution in [0.15, 0.2) is 34.3 Å². The van der Waals surface area contributed by atoms with Crippen LogP contribution in [0.4, 0.5) is 5.82 Å². The molecule has 0 saturated carbocycles. The van der Waals surface area contributed by atoms with E-state index in [-0.39, 0.29) is 0 Å². The van der Waals surface area contributed by atoms with Gasteiger partial charge in [-0.2, -0.15) is 0 Å². The van der Waals surface area contributed by atoms with Crippen LogP contribution in [-0.2, 0) is 0 Å². The zero-order valence-corrected chi connectivity index (χ0v) is 11.6. The number of aryl methyl sites for hydroxylation is 1. The molecule has 3 aromatic heterocycles. The van der Waals surface area contributed by atoms with E-state index in [1.54, 1.807) is 6.20 Å². The minimum absolute atomic E-state index is 0.316. The largest absolute Gasteiger partial charge is 0.380 e. The van der Waals surface area contributed by atoms with Crippen LogP contribution in [0.1, 0.15) is 5.56 Å². The van der Waals surface area contributed by atoms with Crippen molar-refractivity contribution in [2.75, 3.05) is 5.73 Å². The fourth-order valence-electron chi connectivity index (χ4n) is 1.80. The third kappa shape index (κ3) is 2.01. The molecule has 3 aromatic rings. The number of anilines is 1. The van der Waals surface area contributed by atoms with Gasteiger partial charge < -0.3 is 10.3 Å². The number of hydrogen-bond donors (Lipinski definition) is 1. The summed E-state index contributed by atoms with van der Waals surface area (Å²) in [6, 6.07) is 5.59. The Kier molecular flexibility index (Phi) is 3.00. The molecule has 0 aliphatic rings. The Hall–Kier alpha value is -1.85. The van der Waals surface area contributed by atoms with Crippen molar-refractivity contribution in [1.82, 2.24) is 10.1 Å². The average molecular weight is 292 g/mol. The molecule has 0 radical (unpaired) electrons. The summed E-state index contributed by atoms with van der Waals surface area (Å²) < 4.78 is 5.34. The first-order valence-electron chi connectivity index (χ1n) is 5.59. The molecule has 0 amide bonds. The zero-order chi connectivity index (χ0) is 13.4. The number of hydrogen-bond acceptors (Lipinski definition) is 5. The average Bonchev–Trinajstić information content (AvgIpc) is 2.95. The highest BCUT2D eigenvalue weighted by Gasteiger charge is 2.22. The molecule has 0 aromatic carbocycles. The monoisotopic (exact) mass is 291 g/mol. The van der Waals surface area contributed by atoms with Gasteiger partial charge in [0.2, 0.25) is 0 Å². The van der Waals surface area contributed by atoms with Gasteiger partial charge in [0.15, 0.2) is 11.6 Å². The zero-order valence-electron chi connectivity index (χ0n) is 10.1. The van der Waals surface area contributed by atoms with Crippen molar-refractivity contribution in [2.45, 2.75) is 6.92 Å². The molecule has 19 heavy (non-hydrogen) atoms.